The summed E-state index contributed by atoms with van der Waals surface area (Å²) in [4.78, 5) is 11.5. The van der Waals surface area contributed by atoms with Gasteiger partial charge in [0.25, 0.3) is 0 Å². The van der Waals surface area contributed by atoms with Crippen LogP contribution in [0, 0.1) is 0 Å². The van der Waals surface area contributed by atoms with Gasteiger partial charge in [0.15, 0.2) is 5.78 Å². The Hall–Kier alpha value is -1.49. The lowest BCUT2D eigenvalue weighted by atomic mass is 10.0. The fourth-order valence-corrected chi connectivity index (χ4v) is 1.46. The Balaban J connectivity index is 2.81. The van der Waals surface area contributed by atoms with E-state index in [1.807, 2.05) is 0 Å². The Morgan fingerprint density at radius 1 is 1.29 bits per heavy atom. The number of ether oxygens (including phenoxy) is 2. The van der Waals surface area contributed by atoms with Gasteiger partial charge in [0, 0.05) is 13.5 Å². The first-order chi connectivity index (χ1) is 8.08. The molecule has 0 amide bonds. The first-order valence-electron chi connectivity index (χ1n) is 5.18. The summed E-state index contributed by atoms with van der Waals surface area (Å²) < 4.78 is 33.1. The first kappa shape index (κ1) is 13.6. The monoisotopic (exact) mass is 244 g/mol. The van der Waals surface area contributed by atoms with Gasteiger partial charge in [-0.05, 0) is 17.7 Å². The van der Waals surface area contributed by atoms with Crippen LogP contribution in [-0.4, -0.2) is 19.5 Å². The van der Waals surface area contributed by atoms with Crippen molar-refractivity contribution in [1.29, 1.82) is 0 Å². The molecule has 0 aliphatic rings. The van der Waals surface area contributed by atoms with E-state index in [0.29, 0.717) is 12.0 Å². The molecule has 0 heterocycles. The fraction of sp³-hybridized carbons (Fsp3) is 0.417. The summed E-state index contributed by atoms with van der Waals surface area (Å²) in [5.74, 6) is -0.00224. The van der Waals surface area contributed by atoms with Crippen LogP contribution in [0.15, 0.2) is 24.3 Å². The van der Waals surface area contributed by atoms with E-state index in [4.69, 9.17) is 4.74 Å². The van der Waals surface area contributed by atoms with Crippen molar-refractivity contribution in [2.45, 2.75) is 26.1 Å². The van der Waals surface area contributed by atoms with Gasteiger partial charge in [-0.3, -0.25) is 4.79 Å². The van der Waals surface area contributed by atoms with Gasteiger partial charge >= 0.3 is 6.61 Å². The van der Waals surface area contributed by atoms with Gasteiger partial charge < -0.3 is 9.47 Å². The molecule has 0 N–H and O–H groups in total. The lowest BCUT2D eigenvalue weighted by Gasteiger charge is -2.14. The molecule has 1 aromatic carbocycles. The molecule has 0 spiro atoms. The van der Waals surface area contributed by atoms with Crippen molar-refractivity contribution >= 4 is 5.78 Å². The summed E-state index contributed by atoms with van der Waals surface area (Å²) >= 11 is 0. The molecule has 17 heavy (non-hydrogen) atoms. The SMILES string of the molecule is CCC(=O)C(OC)c1ccc(OC(F)F)cc1. The molecule has 1 atom stereocenters. The van der Waals surface area contributed by atoms with Crippen LogP contribution in [0.25, 0.3) is 0 Å². The predicted octanol–water partition coefficient (Wildman–Crippen LogP) is 2.95. The molecule has 0 fully saturated rings. The zero-order valence-electron chi connectivity index (χ0n) is 9.65. The van der Waals surface area contributed by atoms with Crippen LogP contribution >= 0.6 is 0 Å². The highest BCUT2D eigenvalue weighted by molar-refractivity contribution is 5.84. The Kier molecular flexibility index (Phi) is 5.03. The van der Waals surface area contributed by atoms with Gasteiger partial charge in [0.2, 0.25) is 0 Å². The topological polar surface area (TPSA) is 35.5 Å². The third-order valence-electron chi connectivity index (χ3n) is 2.28. The summed E-state index contributed by atoms with van der Waals surface area (Å²) in [6, 6.07) is 5.85. The molecule has 3 nitrogen and oxygen atoms in total. The zero-order valence-corrected chi connectivity index (χ0v) is 9.65. The number of benzene rings is 1. The third-order valence-corrected chi connectivity index (χ3v) is 2.28. The number of alkyl halides is 2. The number of carbonyl (C=O) groups excluding carboxylic acids is 1. The molecule has 0 aliphatic carbocycles. The molecule has 1 rings (SSSR count). The molecule has 0 saturated heterocycles. The lowest BCUT2D eigenvalue weighted by molar-refractivity contribution is -0.128. The van der Waals surface area contributed by atoms with Gasteiger partial charge in [-0.1, -0.05) is 19.1 Å². The average Bonchev–Trinajstić information content (AvgIpc) is 2.31. The molecule has 0 saturated carbocycles. The smallest absolute Gasteiger partial charge is 0.387 e. The van der Waals surface area contributed by atoms with E-state index in [0.717, 1.165) is 0 Å². The van der Waals surface area contributed by atoms with Crippen LogP contribution in [0.1, 0.15) is 25.0 Å². The summed E-state index contributed by atoms with van der Waals surface area (Å²) in [6.07, 6.45) is -0.297. The zero-order chi connectivity index (χ0) is 12.8. The third kappa shape index (κ3) is 3.78. The van der Waals surface area contributed by atoms with Crippen LogP contribution in [0.5, 0.6) is 5.75 Å². The van der Waals surface area contributed by atoms with Crippen molar-refractivity contribution < 1.29 is 23.0 Å². The van der Waals surface area contributed by atoms with Crippen molar-refractivity contribution in [3.05, 3.63) is 29.8 Å². The average molecular weight is 244 g/mol. The maximum atomic E-state index is 11.9. The molecule has 0 aromatic heterocycles. The van der Waals surface area contributed by atoms with Crippen LogP contribution in [0.2, 0.25) is 0 Å². The van der Waals surface area contributed by atoms with Crippen molar-refractivity contribution in [2.24, 2.45) is 0 Å². The van der Waals surface area contributed by atoms with E-state index < -0.39 is 12.7 Å². The number of carbonyl (C=O) groups is 1. The quantitative estimate of drug-likeness (QED) is 0.771. The lowest BCUT2D eigenvalue weighted by Crippen LogP contribution is -2.13. The maximum absolute atomic E-state index is 11.9. The predicted molar refractivity (Wildman–Crippen MR) is 58.1 cm³/mol. The van der Waals surface area contributed by atoms with Crippen LogP contribution in [-0.2, 0) is 9.53 Å². The van der Waals surface area contributed by atoms with E-state index in [2.05, 4.69) is 4.74 Å². The first-order valence-corrected chi connectivity index (χ1v) is 5.18. The molecule has 94 valence electrons. The minimum Gasteiger partial charge on any atom is -0.435 e. The molecule has 1 unspecified atom stereocenters. The second-order valence-electron chi connectivity index (χ2n) is 3.38. The fourth-order valence-electron chi connectivity index (χ4n) is 1.46. The van der Waals surface area contributed by atoms with Crippen LogP contribution in [0.4, 0.5) is 8.78 Å². The standard InChI is InChI=1S/C12H14F2O3/c1-3-10(15)11(16-2)8-4-6-9(7-5-8)17-12(13)14/h4-7,11-12H,3H2,1-2H3. The molecular weight excluding hydrogens is 230 g/mol. The highest BCUT2D eigenvalue weighted by atomic mass is 19.3. The second kappa shape index (κ2) is 6.30. The van der Waals surface area contributed by atoms with Gasteiger partial charge in [0.05, 0.1) is 0 Å². The van der Waals surface area contributed by atoms with Crippen LogP contribution < -0.4 is 4.74 Å². The van der Waals surface area contributed by atoms with Gasteiger partial charge in [0.1, 0.15) is 11.9 Å². The highest BCUT2D eigenvalue weighted by Gasteiger charge is 2.18. The van der Waals surface area contributed by atoms with E-state index in [9.17, 15) is 13.6 Å². The Morgan fingerprint density at radius 2 is 1.88 bits per heavy atom. The molecule has 0 radical (unpaired) electrons. The van der Waals surface area contributed by atoms with E-state index in [-0.39, 0.29) is 11.5 Å². The molecule has 0 bridgehead atoms. The number of hydrogen-bond donors (Lipinski definition) is 0. The van der Waals surface area contributed by atoms with E-state index in [1.54, 1.807) is 19.1 Å². The van der Waals surface area contributed by atoms with Crippen molar-refractivity contribution in [2.75, 3.05) is 7.11 Å². The van der Waals surface area contributed by atoms with Crippen molar-refractivity contribution in [3.8, 4) is 5.75 Å². The minimum atomic E-state index is -2.85. The number of hydrogen-bond acceptors (Lipinski definition) is 3. The van der Waals surface area contributed by atoms with Crippen LogP contribution in [0.3, 0.4) is 0 Å². The Bertz CT molecular complexity index is 363. The number of Topliss-reactive ketones (excluding diaryl/α,β-unsaturated/α-hetero) is 1. The molecule has 5 heteroatoms. The number of halogens is 2. The van der Waals surface area contributed by atoms with Gasteiger partial charge in [-0.25, -0.2) is 0 Å². The summed E-state index contributed by atoms with van der Waals surface area (Å²) in [5, 5.41) is 0. The van der Waals surface area contributed by atoms with Gasteiger partial charge in [-0.2, -0.15) is 8.78 Å². The summed E-state index contributed by atoms with van der Waals surface area (Å²) in [5.41, 5.74) is 0.626. The second-order valence-corrected chi connectivity index (χ2v) is 3.38. The number of ketones is 1. The number of methoxy groups -OCH3 is 1. The summed E-state index contributed by atoms with van der Waals surface area (Å²) in [6.45, 7) is -1.11. The summed E-state index contributed by atoms with van der Waals surface area (Å²) in [7, 11) is 1.43. The minimum absolute atomic E-state index is 0.0579. The largest absolute Gasteiger partial charge is 0.435 e. The molecule has 1 aromatic rings. The van der Waals surface area contributed by atoms with Crippen molar-refractivity contribution in [3.63, 3.8) is 0 Å². The number of rotatable bonds is 6. The maximum Gasteiger partial charge on any atom is 0.387 e. The molecular formula is C12H14F2O3. The van der Waals surface area contributed by atoms with Crippen molar-refractivity contribution in [1.82, 2.24) is 0 Å². The van der Waals surface area contributed by atoms with E-state index >= 15 is 0 Å². The highest BCUT2D eigenvalue weighted by Crippen LogP contribution is 2.22. The van der Waals surface area contributed by atoms with E-state index in [1.165, 1.54) is 19.2 Å². The Morgan fingerprint density at radius 3 is 2.29 bits per heavy atom. The normalized spacial score (nSPS) is 12.5. The van der Waals surface area contributed by atoms with Gasteiger partial charge in [-0.15, -0.1) is 0 Å². The molecule has 0 aliphatic heterocycles. The Labute approximate surface area is 98.3 Å².